The first-order valence-electron chi connectivity index (χ1n) is 12.0. The van der Waals surface area contributed by atoms with Gasteiger partial charge in [-0.05, 0) is 74.3 Å². The number of aryl methyl sites for hydroxylation is 2. The third-order valence-electron chi connectivity index (χ3n) is 6.79. The molecule has 0 aromatic heterocycles. The highest BCUT2D eigenvalue weighted by Gasteiger charge is 2.32. The van der Waals surface area contributed by atoms with E-state index < -0.39 is 10.0 Å². The van der Waals surface area contributed by atoms with Crippen LogP contribution >= 0.6 is 0 Å². The van der Waals surface area contributed by atoms with Crippen molar-refractivity contribution in [2.45, 2.75) is 56.4 Å². The molecule has 7 heteroatoms. The van der Waals surface area contributed by atoms with Crippen LogP contribution in [0.2, 0.25) is 0 Å². The first kappa shape index (κ1) is 23.9. The van der Waals surface area contributed by atoms with E-state index in [0.29, 0.717) is 44.0 Å². The molecule has 0 saturated carbocycles. The number of sulfonamides is 1. The summed E-state index contributed by atoms with van der Waals surface area (Å²) >= 11 is 0. The maximum absolute atomic E-state index is 13.1. The van der Waals surface area contributed by atoms with Gasteiger partial charge >= 0.3 is 0 Å². The highest BCUT2D eigenvalue weighted by molar-refractivity contribution is 7.89. The van der Waals surface area contributed by atoms with Gasteiger partial charge in [0, 0.05) is 32.2 Å². The summed E-state index contributed by atoms with van der Waals surface area (Å²) in [5, 5.41) is 2.99. The van der Waals surface area contributed by atoms with Crippen LogP contribution in [-0.4, -0.2) is 44.9 Å². The van der Waals surface area contributed by atoms with Gasteiger partial charge in [0.05, 0.1) is 11.0 Å². The van der Waals surface area contributed by atoms with Crippen molar-refractivity contribution in [3.63, 3.8) is 0 Å². The maximum atomic E-state index is 13.1. The lowest BCUT2D eigenvalue weighted by molar-refractivity contribution is -0.126. The van der Waals surface area contributed by atoms with Gasteiger partial charge in [-0.25, -0.2) is 8.42 Å². The van der Waals surface area contributed by atoms with Crippen LogP contribution < -0.4 is 5.32 Å². The van der Waals surface area contributed by atoms with Crippen molar-refractivity contribution in [2.24, 2.45) is 5.92 Å². The highest BCUT2D eigenvalue weighted by atomic mass is 32.2. The van der Waals surface area contributed by atoms with Crippen LogP contribution in [0, 0.1) is 5.92 Å². The summed E-state index contributed by atoms with van der Waals surface area (Å²) < 4.78 is 33.5. The van der Waals surface area contributed by atoms with E-state index in [2.05, 4.69) is 5.32 Å². The molecule has 2 aromatic rings. The molecule has 2 aromatic carbocycles. The zero-order valence-electron chi connectivity index (χ0n) is 19.3. The molecule has 1 fully saturated rings. The molecule has 4 rings (SSSR count). The number of hydrogen-bond donors (Lipinski definition) is 1. The molecule has 1 N–H and O–H groups in total. The fraction of sp³-hybridized carbons (Fsp3) is 0.500. The smallest absolute Gasteiger partial charge is 0.243 e. The van der Waals surface area contributed by atoms with Gasteiger partial charge < -0.3 is 10.1 Å². The largest absolute Gasteiger partial charge is 0.374 e. The lowest BCUT2D eigenvalue weighted by Gasteiger charge is -2.30. The highest BCUT2D eigenvalue weighted by Crippen LogP contribution is 2.28. The van der Waals surface area contributed by atoms with Crippen molar-refractivity contribution in [1.29, 1.82) is 0 Å². The van der Waals surface area contributed by atoms with Gasteiger partial charge in [-0.2, -0.15) is 4.31 Å². The number of hydrogen-bond acceptors (Lipinski definition) is 4. The number of carbonyl (C=O) groups is 1. The van der Waals surface area contributed by atoms with Crippen LogP contribution in [-0.2, 0) is 32.4 Å². The molecule has 2 aliphatic rings. The Morgan fingerprint density at radius 2 is 1.82 bits per heavy atom. The first-order chi connectivity index (χ1) is 15.9. The van der Waals surface area contributed by atoms with E-state index in [4.69, 9.17) is 4.74 Å². The van der Waals surface area contributed by atoms with Gasteiger partial charge in [0.25, 0.3) is 0 Å². The van der Waals surface area contributed by atoms with Crippen molar-refractivity contribution in [3.05, 3.63) is 65.2 Å². The van der Waals surface area contributed by atoms with E-state index in [-0.39, 0.29) is 17.9 Å². The molecule has 1 heterocycles. The molecule has 1 amide bonds. The molecule has 0 radical (unpaired) electrons. The van der Waals surface area contributed by atoms with Gasteiger partial charge in [0.1, 0.15) is 0 Å². The minimum atomic E-state index is -3.50. The Kier molecular flexibility index (Phi) is 7.83. The number of amides is 1. The summed E-state index contributed by atoms with van der Waals surface area (Å²) in [6.45, 7) is 3.94. The first-order valence-corrected chi connectivity index (χ1v) is 13.5. The SMILES string of the molecule is C[C@@H](OCCCNC(=O)C1CCN(S(=O)(=O)c2ccc3c(c2)CCC3)CC1)c1ccccc1. The number of rotatable bonds is 9. The minimum Gasteiger partial charge on any atom is -0.374 e. The average molecular weight is 471 g/mol. The summed E-state index contributed by atoms with van der Waals surface area (Å²) in [7, 11) is -3.50. The fourth-order valence-corrected chi connectivity index (χ4v) is 6.25. The second-order valence-corrected chi connectivity index (χ2v) is 11.0. The molecule has 178 valence electrons. The second kappa shape index (κ2) is 10.8. The van der Waals surface area contributed by atoms with E-state index in [0.717, 1.165) is 36.8 Å². The normalized spacial score (nSPS) is 18.1. The van der Waals surface area contributed by atoms with Crippen molar-refractivity contribution in [1.82, 2.24) is 9.62 Å². The Labute approximate surface area is 197 Å². The molecule has 1 aliphatic carbocycles. The van der Waals surface area contributed by atoms with Crippen molar-refractivity contribution < 1.29 is 17.9 Å². The molecule has 6 nitrogen and oxygen atoms in total. The number of nitrogens with zero attached hydrogens (tertiary/aromatic N) is 1. The molecule has 1 atom stereocenters. The van der Waals surface area contributed by atoms with E-state index in [9.17, 15) is 13.2 Å². The molecule has 33 heavy (non-hydrogen) atoms. The van der Waals surface area contributed by atoms with Gasteiger partial charge in [-0.3, -0.25) is 4.79 Å². The summed E-state index contributed by atoms with van der Waals surface area (Å²) in [4.78, 5) is 12.9. The van der Waals surface area contributed by atoms with Crippen molar-refractivity contribution in [2.75, 3.05) is 26.2 Å². The Morgan fingerprint density at radius 3 is 2.58 bits per heavy atom. The topological polar surface area (TPSA) is 75.7 Å². The van der Waals surface area contributed by atoms with Gasteiger partial charge in [0.15, 0.2) is 0 Å². The third kappa shape index (κ3) is 5.83. The van der Waals surface area contributed by atoms with Crippen LogP contribution in [0.1, 0.15) is 55.4 Å². The zero-order valence-corrected chi connectivity index (χ0v) is 20.1. The number of nitrogens with one attached hydrogen (secondary N) is 1. The lowest BCUT2D eigenvalue weighted by Crippen LogP contribution is -2.43. The fourth-order valence-electron chi connectivity index (χ4n) is 4.72. The minimum absolute atomic E-state index is 0.0145. The zero-order chi connectivity index (χ0) is 23.3. The molecule has 0 spiro atoms. The molecular formula is C26H34N2O4S. The van der Waals surface area contributed by atoms with Gasteiger partial charge in [0.2, 0.25) is 15.9 Å². The van der Waals surface area contributed by atoms with E-state index in [1.54, 1.807) is 6.07 Å². The Balaban J connectivity index is 1.18. The van der Waals surface area contributed by atoms with Gasteiger partial charge in [-0.1, -0.05) is 36.4 Å². The van der Waals surface area contributed by atoms with Crippen LogP contribution in [0.4, 0.5) is 0 Å². The Hall–Kier alpha value is -2.22. The third-order valence-corrected chi connectivity index (χ3v) is 8.68. The average Bonchev–Trinajstić information content (AvgIpc) is 3.32. The monoisotopic (exact) mass is 470 g/mol. The summed E-state index contributed by atoms with van der Waals surface area (Å²) in [6.07, 6.45) is 4.96. The predicted molar refractivity (Wildman–Crippen MR) is 128 cm³/mol. The van der Waals surface area contributed by atoms with Crippen LogP contribution in [0.25, 0.3) is 0 Å². The summed E-state index contributed by atoms with van der Waals surface area (Å²) in [5.41, 5.74) is 3.57. The standard InChI is InChI=1S/C26H34N2O4S/c1-20(21-7-3-2-4-8-21)32-18-6-15-27-26(29)23-13-16-28(17-14-23)33(30,31)25-12-11-22-9-5-10-24(22)19-25/h2-4,7-8,11-12,19-20,23H,5-6,9-10,13-18H2,1H3,(H,27,29)/t20-/m1/s1. The molecule has 1 aliphatic heterocycles. The molecular weight excluding hydrogens is 436 g/mol. The molecule has 1 saturated heterocycles. The molecule has 0 bridgehead atoms. The van der Waals surface area contributed by atoms with E-state index in [1.165, 1.54) is 9.87 Å². The second-order valence-electron chi connectivity index (χ2n) is 9.03. The van der Waals surface area contributed by atoms with Crippen molar-refractivity contribution >= 4 is 15.9 Å². The van der Waals surface area contributed by atoms with Crippen LogP contribution in [0.15, 0.2) is 53.4 Å². The van der Waals surface area contributed by atoms with E-state index >= 15 is 0 Å². The molecule has 0 unspecified atom stereocenters. The summed E-state index contributed by atoms with van der Waals surface area (Å²) in [5.74, 6) is -0.124. The number of ether oxygens (including phenoxy) is 1. The van der Waals surface area contributed by atoms with Crippen LogP contribution in [0.3, 0.4) is 0 Å². The number of fused-ring (bicyclic) bond motifs is 1. The summed E-state index contributed by atoms with van der Waals surface area (Å²) in [6, 6.07) is 15.6. The number of carbonyl (C=O) groups excluding carboxylic acids is 1. The Bertz CT molecular complexity index is 1050. The lowest BCUT2D eigenvalue weighted by atomic mass is 9.97. The predicted octanol–water partition coefficient (Wildman–Crippen LogP) is 3.86. The van der Waals surface area contributed by atoms with Gasteiger partial charge in [-0.15, -0.1) is 0 Å². The van der Waals surface area contributed by atoms with Crippen molar-refractivity contribution in [3.8, 4) is 0 Å². The Morgan fingerprint density at radius 1 is 1.09 bits per heavy atom. The number of piperidine rings is 1. The van der Waals surface area contributed by atoms with Crippen LogP contribution in [0.5, 0.6) is 0 Å². The van der Waals surface area contributed by atoms with E-state index in [1.807, 2.05) is 49.4 Å². The maximum Gasteiger partial charge on any atom is 0.243 e. The quantitative estimate of drug-likeness (QED) is 0.565. The number of benzene rings is 2.